The molecule has 3 rings (SSSR count). The van der Waals surface area contributed by atoms with Crippen LogP contribution in [0.4, 0.5) is 10.1 Å². The number of nitrogens with one attached hydrogen (secondary N) is 1. The molecule has 0 bridgehead atoms. The lowest BCUT2D eigenvalue weighted by Crippen LogP contribution is -2.16. The number of hydrogen-bond donors (Lipinski definition) is 1. The predicted molar refractivity (Wildman–Crippen MR) is 104 cm³/mol. The van der Waals surface area contributed by atoms with E-state index in [0.717, 1.165) is 16.8 Å². The van der Waals surface area contributed by atoms with Crippen molar-refractivity contribution in [3.8, 4) is 0 Å². The van der Waals surface area contributed by atoms with E-state index in [0.29, 0.717) is 10.6 Å². The van der Waals surface area contributed by atoms with Crippen molar-refractivity contribution in [3.63, 3.8) is 0 Å². The molecule has 0 spiro atoms. The molecule has 3 aromatic rings. The van der Waals surface area contributed by atoms with Crippen molar-refractivity contribution in [1.82, 2.24) is 0 Å². The van der Waals surface area contributed by atoms with Gasteiger partial charge in [0.15, 0.2) is 5.78 Å². The van der Waals surface area contributed by atoms with Gasteiger partial charge in [-0.1, -0.05) is 53.6 Å². The van der Waals surface area contributed by atoms with Crippen molar-refractivity contribution in [2.45, 2.75) is 19.4 Å². The molecule has 0 aromatic heterocycles. The monoisotopic (exact) mass is 367 g/mol. The minimum absolute atomic E-state index is 0.0413. The van der Waals surface area contributed by atoms with E-state index < -0.39 is 0 Å². The maximum Gasteiger partial charge on any atom is 0.165 e. The SMILES string of the molecule is Cc1ccc(C(=O)CC(Nc2ccc(F)cc2)c2ccc(Cl)cc2)cc1. The van der Waals surface area contributed by atoms with Crippen LogP contribution in [0.2, 0.25) is 5.02 Å². The van der Waals surface area contributed by atoms with Crippen LogP contribution in [0.3, 0.4) is 0 Å². The lowest BCUT2D eigenvalue weighted by atomic mass is 9.97. The highest BCUT2D eigenvalue weighted by atomic mass is 35.5. The second kappa shape index (κ2) is 8.15. The lowest BCUT2D eigenvalue weighted by molar-refractivity contribution is 0.0976. The maximum atomic E-state index is 13.2. The van der Waals surface area contributed by atoms with Crippen molar-refractivity contribution in [3.05, 3.63) is 100 Å². The fourth-order valence-corrected chi connectivity index (χ4v) is 2.86. The normalized spacial score (nSPS) is 11.8. The van der Waals surface area contributed by atoms with Crippen LogP contribution >= 0.6 is 11.6 Å². The summed E-state index contributed by atoms with van der Waals surface area (Å²) in [4.78, 5) is 12.7. The molecule has 1 unspecified atom stereocenters. The number of anilines is 1. The number of Topliss-reactive ketones (excluding diaryl/α,β-unsaturated/α-hetero) is 1. The minimum Gasteiger partial charge on any atom is -0.378 e. The summed E-state index contributed by atoms with van der Waals surface area (Å²) in [5, 5.41) is 3.96. The van der Waals surface area contributed by atoms with Gasteiger partial charge in [0.1, 0.15) is 5.82 Å². The molecular weight excluding hydrogens is 349 g/mol. The molecule has 0 aliphatic carbocycles. The summed E-state index contributed by atoms with van der Waals surface area (Å²) in [6.45, 7) is 1.99. The number of rotatable bonds is 6. The summed E-state index contributed by atoms with van der Waals surface area (Å²) in [6.07, 6.45) is 0.280. The Labute approximate surface area is 157 Å². The van der Waals surface area contributed by atoms with E-state index >= 15 is 0 Å². The zero-order valence-electron chi connectivity index (χ0n) is 14.4. The van der Waals surface area contributed by atoms with E-state index in [4.69, 9.17) is 11.6 Å². The van der Waals surface area contributed by atoms with E-state index in [9.17, 15) is 9.18 Å². The third-order valence-corrected chi connectivity index (χ3v) is 4.47. The first-order chi connectivity index (χ1) is 12.5. The van der Waals surface area contributed by atoms with Gasteiger partial charge < -0.3 is 5.32 Å². The second-order valence-corrected chi connectivity index (χ2v) is 6.69. The summed E-state index contributed by atoms with van der Waals surface area (Å²) in [6, 6.07) is 20.8. The predicted octanol–water partition coefficient (Wildman–Crippen LogP) is 6.21. The van der Waals surface area contributed by atoms with Crippen LogP contribution in [-0.2, 0) is 0 Å². The summed E-state index contributed by atoms with van der Waals surface area (Å²) in [5.74, 6) is -0.256. The molecule has 132 valence electrons. The van der Waals surface area contributed by atoms with Crippen molar-refractivity contribution in [1.29, 1.82) is 0 Å². The topological polar surface area (TPSA) is 29.1 Å². The Morgan fingerprint density at radius 1 is 0.962 bits per heavy atom. The first-order valence-corrected chi connectivity index (χ1v) is 8.76. The van der Waals surface area contributed by atoms with Crippen LogP contribution < -0.4 is 5.32 Å². The Kier molecular flexibility index (Phi) is 5.69. The summed E-state index contributed by atoms with van der Waals surface area (Å²) >= 11 is 5.98. The molecule has 3 aromatic carbocycles. The maximum absolute atomic E-state index is 13.2. The standard InChI is InChI=1S/C22H19ClFNO/c1-15-2-4-17(5-3-15)22(26)14-21(16-6-8-18(23)9-7-16)25-20-12-10-19(24)11-13-20/h2-13,21,25H,14H2,1H3. The number of carbonyl (C=O) groups excluding carboxylic acids is 1. The third-order valence-electron chi connectivity index (χ3n) is 4.22. The van der Waals surface area contributed by atoms with Gasteiger partial charge in [-0.05, 0) is 48.9 Å². The summed E-state index contributed by atoms with van der Waals surface area (Å²) < 4.78 is 13.2. The molecule has 0 saturated carbocycles. The second-order valence-electron chi connectivity index (χ2n) is 6.25. The summed E-state index contributed by atoms with van der Waals surface area (Å²) in [7, 11) is 0. The first-order valence-electron chi connectivity index (χ1n) is 8.39. The van der Waals surface area contributed by atoms with Crippen LogP contribution in [0.1, 0.15) is 33.9 Å². The highest BCUT2D eigenvalue weighted by molar-refractivity contribution is 6.30. The van der Waals surface area contributed by atoms with E-state index in [-0.39, 0.29) is 24.1 Å². The van der Waals surface area contributed by atoms with Crippen LogP contribution in [0, 0.1) is 12.7 Å². The smallest absolute Gasteiger partial charge is 0.165 e. The molecule has 0 fully saturated rings. The molecule has 0 aliphatic rings. The molecule has 0 radical (unpaired) electrons. The van der Waals surface area contributed by atoms with Gasteiger partial charge in [0, 0.05) is 22.7 Å². The number of halogens is 2. The van der Waals surface area contributed by atoms with Gasteiger partial charge in [-0.2, -0.15) is 0 Å². The van der Waals surface area contributed by atoms with Crippen molar-refractivity contribution in [2.24, 2.45) is 0 Å². The molecule has 1 N–H and O–H groups in total. The fraction of sp³-hybridized carbons (Fsp3) is 0.136. The van der Waals surface area contributed by atoms with Gasteiger partial charge in [-0.3, -0.25) is 4.79 Å². The quantitative estimate of drug-likeness (QED) is 0.524. The van der Waals surface area contributed by atoms with Crippen molar-refractivity contribution in [2.75, 3.05) is 5.32 Å². The molecule has 2 nitrogen and oxygen atoms in total. The molecular formula is C22H19ClFNO. The highest BCUT2D eigenvalue weighted by Gasteiger charge is 2.17. The minimum atomic E-state index is -0.297. The number of hydrogen-bond acceptors (Lipinski definition) is 2. The van der Waals surface area contributed by atoms with Gasteiger partial charge in [0.2, 0.25) is 0 Å². The van der Waals surface area contributed by atoms with Gasteiger partial charge in [-0.15, -0.1) is 0 Å². The van der Waals surface area contributed by atoms with Crippen LogP contribution in [0.15, 0.2) is 72.8 Å². The van der Waals surface area contributed by atoms with Crippen molar-refractivity contribution < 1.29 is 9.18 Å². The molecule has 0 heterocycles. The zero-order chi connectivity index (χ0) is 18.5. The third kappa shape index (κ3) is 4.70. The van der Waals surface area contributed by atoms with Crippen LogP contribution in [-0.4, -0.2) is 5.78 Å². The molecule has 0 aliphatic heterocycles. The number of aryl methyl sites for hydroxylation is 1. The number of ketones is 1. The Morgan fingerprint density at radius 3 is 2.19 bits per heavy atom. The fourth-order valence-electron chi connectivity index (χ4n) is 2.74. The van der Waals surface area contributed by atoms with Gasteiger partial charge in [-0.25, -0.2) is 4.39 Å². The average molecular weight is 368 g/mol. The molecule has 0 amide bonds. The Bertz CT molecular complexity index is 874. The van der Waals surface area contributed by atoms with Gasteiger partial charge in [0.25, 0.3) is 0 Å². The molecule has 0 saturated heterocycles. The summed E-state index contributed by atoms with van der Waals surface area (Å²) in [5.41, 5.74) is 3.48. The van der Waals surface area contributed by atoms with E-state index in [1.54, 1.807) is 24.3 Å². The largest absolute Gasteiger partial charge is 0.378 e. The van der Waals surface area contributed by atoms with Crippen LogP contribution in [0.25, 0.3) is 0 Å². The van der Waals surface area contributed by atoms with E-state index in [1.807, 2.05) is 43.3 Å². The van der Waals surface area contributed by atoms with Crippen LogP contribution in [0.5, 0.6) is 0 Å². The Hall–Kier alpha value is -2.65. The van der Waals surface area contributed by atoms with Crippen molar-refractivity contribution >= 4 is 23.1 Å². The molecule has 4 heteroatoms. The van der Waals surface area contributed by atoms with Gasteiger partial charge in [0.05, 0.1) is 6.04 Å². The number of benzene rings is 3. The zero-order valence-corrected chi connectivity index (χ0v) is 15.1. The molecule has 26 heavy (non-hydrogen) atoms. The average Bonchev–Trinajstić information content (AvgIpc) is 2.64. The highest BCUT2D eigenvalue weighted by Crippen LogP contribution is 2.26. The lowest BCUT2D eigenvalue weighted by Gasteiger charge is -2.20. The first kappa shape index (κ1) is 18.2. The molecule has 1 atom stereocenters. The van der Waals surface area contributed by atoms with E-state index in [2.05, 4.69) is 5.32 Å². The van der Waals surface area contributed by atoms with Gasteiger partial charge >= 0.3 is 0 Å². The number of carbonyl (C=O) groups is 1. The Morgan fingerprint density at radius 2 is 1.58 bits per heavy atom. The Balaban J connectivity index is 1.84. The van der Waals surface area contributed by atoms with E-state index in [1.165, 1.54) is 12.1 Å².